The van der Waals surface area contributed by atoms with Crippen molar-refractivity contribution in [3.05, 3.63) is 46.2 Å². The van der Waals surface area contributed by atoms with Gasteiger partial charge in [-0.05, 0) is 50.3 Å². The fraction of sp³-hybridized carbons (Fsp3) is 0.500. The summed E-state index contributed by atoms with van der Waals surface area (Å²) >= 11 is 1.35. The summed E-state index contributed by atoms with van der Waals surface area (Å²) in [6, 6.07) is 6.63. The van der Waals surface area contributed by atoms with Crippen LogP contribution < -0.4 is 9.64 Å². The van der Waals surface area contributed by atoms with Crippen LogP contribution in [-0.4, -0.2) is 40.8 Å². The Hall–Kier alpha value is -2.81. The maximum absolute atomic E-state index is 14.2. The van der Waals surface area contributed by atoms with Crippen molar-refractivity contribution in [1.29, 1.82) is 0 Å². The van der Waals surface area contributed by atoms with E-state index in [9.17, 15) is 14.0 Å². The van der Waals surface area contributed by atoms with Crippen molar-refractivity contribution >= 4 is 28.2 Å². The maximum Gasteiger partial charge on any atom is 0.296 e. The molecule has 1 saturated carbocycles. The third-order valence-corrected chi connectivity index (χ3v) is 7.40. The molecule has 4 unspecified atom stereocenters. The number of hydrogen-bond acceptors (Lipinski definition) is 7. The fourth-order valence-corrected chi connectivity index (χ4v) is 5.87. The minimum atomic E-state index is -1.03. The van der Waals surface area contributed by atoms with E-state index in [4.69, 9.17) is 9.47 Å². The Balaban J connectivity index is 1.58. The second-order valence-electron chi connectivity index (χ2n) is 8.59. The summed E-state index contributed by atoms with van der Waals surface area (Å²) in [6.07, 6.45) is 1.08. The van der Waals surface area contributed by atoms with E-state index in [1.165, 1.54) is 16.2 Å². The largest absolute Gasteiger partial charge is 0.494 e. The Morgan fingerprint density at radius 2 is 1.97 bits per heavy atom. The zero-order valence-electron chi connectivity index (χ0n) is 18.6. The van der Waals surface area contributed by atoms with E-state index < -0.39 is 30.1 Å². The Morgan fingerprint density at radius 3 is 2.70 bits per heavy atom. The Labute approximate surface area is 195 Å². The van der Waals surface area contributed by atoms with E-state index in [1.807, 2.05) is 31.2 Å². The van der Waals surface area contributed by atoms with Crippen LogP contribution in [0.3, 0.4) is 0 Å². The molecule has 7 nitrogen and oxygen atoms in total. The highest BCUT2D eigenvalue weighted by Gasteiger charge is 2.54. The molecular formula is C24H26FN3O4S. The second kappa shape index (κ2) is 8.85. The Morgan fingerprint density at radius 1 is 1.18 bits per heavy atom. The lowest BCUT2D eigenvalue weighted by atomic mass is 9.77. The highest BCUT2D eigenvalue weighted by molar-refractivity contribution is 7.15. The van der Waals surface area contributed by atoms with E-state index in [0.717, 1.165) is 23.4 Å². The number of aromatic nitrogens is 2. The quantitative estimate of drug-likeness (QED) is 0.624. The smallest absolute Gasteiger partial charge is 0.296 e. The molecule has 4 atom stereocenters. The van der Waals surface area contributed by atoms with Crippen LogP contribution in [0.2, 0.25) is 0 Å². The van der Waals surface area contributed by atoms with Gasteiger partial charge < -0.3 is 9.47 Å². The summed E-state index contributed by atoms with van der Waals surface area (Å²) in [5, 5.41) is 9.76. The highest BCUT2D eigenvalue weighted by Crippen LogP contribution is 2.49. The summed E-state index contributed by atoms with van der Waals surface area (Å²) in [5.41, 5.74) is 1.04. The number of ketones is 1. The van der Waals surface area contributed by atoms with Crippen LogP contribution in [0.4, 0.5) is 9.52 Å². The number of nitrogens with zero attached hydrogens (tertiary/aromatic N) is 3. The highest BCUT2D eigenvalue weighted by atomic mass is 32.1. The number of aryl methyl sites for hydroxylation is 1. The molecule has 0 spiro atoms. The van der Waals surface area contributed by atoms with Gasteiger partial charge in [0.2, 0.25) is 5.13 Å². The number of hydrogen-bond donors (Lipinski definition) is 0. The van der Waals surface area contributed by atoms with Crippen molar-refractivity contribution in [3.8, 4) is 5.75 Å². The molecule has 5 rings (SSSR count). The minimum Gasteiger partial charge on any atom is -0.494 e. The Bertz CT molecular complexity index is 1100. The average molecular weight is 472 g/mol. The van der Waals surface area contributed by atoms with E-state index in [1.54, 1.807) is 0 Å². The number of carbonyl (C=O) groups is 2. The van der Waals surface area contributed by atoms with Crippen LogP contribution >= 0.6 is 11.3 Å². The van der Waals surface area contributed by atoms with E-state index in [-0.39, 0.29) is 18.0 Å². The van der Waals surface area contributed by atoms with Gasteiger partial charge in [0.1, 0.15) is 23.0 Å². The lowest BCUT2D eigenvalue weighted by molar-refractivity contribution is -0.133. The molecule has 0 bridgehead atoms. The normalized spacial score (nSPS) is 26.8. The van der Waals surface area contributed by atoms with Gasteiger partial charge >= 0.3 is 0 Å². The number of Topliss-reactive ketones (excluding diaryl/α,β-unsaturated/α-hetero) is 1. The molecule has 1 aliphatic carbocycles. The molecule has 0 N–H and O–H groups in total. The first kappa shape index (κ1) is 22.0. The van der Waals surface area contributed by atoms with Gasteiger partial charge in [0.05, 0.1) is 24.1 Å². The molecule has 1 aromatic heterocycles. The Kier molecular flexibility index (Phi) is 5.90. The van der Waals surface area contributed by atoms with Crippen molar-refractivity contribution in [3.63, 3.8) is 0 Å². The fourth-order valence-electron chi connectivity index (χ4n) is 4.90. The minimum absolute atomic E-state index is 0.0738. The molecule has 0 radical (unpaired) electrons. The lowest BCUT2D eigenvalue weighted by Crippen LogP contribution is -2.42. The predicted molar refractivity (Wildman–Crippen MR) is 121 cm³/mol. The number of anilines is 1. The van der Waals surface area contributed by atoms with E-state index in [2.05, 4.69) is 17.1 Å². The number of fused-ring (bicyclic) bond motifs is 1. The molecule has 33 heavy (non-hydrogen) atoms. The molecule has 3 heterocycles. The maximum atomic E-state index is 14.2. The SMILES string of the molecule is CCCc1nnc(N2C(=O)C3=C(C(=O)C4CC(F)CCC4O3)C2c2ccc(OCC)cc2)s1. The number of halogens is 1. The van der Waals surface area contributed by atoms with Gasteiger partial charge in [0.25, 0.3) is 5.91 Å². The van der Waals surface area contributed by atoms with Gasteiger partial charge in [-0.3, -0.25) is 14.5 Å². The van der Waals surface area contributed by atoms with Gasteiger partial charge in [0, 0.05) is 6.42 Å². The molecule has 2 aromatic rings. The van der Waals surface area contributed by atoms with Crippen LogP contribution in [0.1, 0.15) is 56.1 Å². The molecule has 1 aromatic carbocycles. The van der Waals surface area contributed by atoms with Crippen molar-refractivity contribution in [2.45, 2.75) is 64.3 Å². The van der Waals surface area contributed by atoms with Crippen molar-refractivity contribution < 1.29 is 23.5 Å². The number of rotatable bonds is 6. The van der Waals surface area contributed by atoms with Gasteiger partial charge in [-0.1, -0.05) is 30.4 Å². The molecule has 1 amide bonds. The van der Waals surface area contributed by atoms with Gasteiger partial charge in [-0.2, -0.15) is 0 Å². The summed E-state index contributed by atoms with van der Waals surface area (Å²) in [4.78, 5) is 28.7. The number of amides is 1. The van der Waals surface area contributed by atoms with Crippen molar-refractivity contribution in [2.75, 3.05) is 11.5 Å². The monoisotopic (exact) mass is 471 g/mol. The number of alkyl halides is 1. The third-order valence-electron chi connectivity index (χ3n) is 6.42. The lowest BCUT2D eigenvalue weighted by Gasteiger charge is -2.36. The average Bonchev–Trinajstić information content (AvgIpc) is 3.38. The topological polar surface area (TPSA) is 81.6 Å². The molecule has 2 aliphatic heterocycles. The van der Waals surface area contributed by atoms with Gasteiger partial charge in [-0.25, -0.2) is 4.39 Å². The first-order chi connectivity index (χ1) is 16.0. The molecule has 1 fully saturated rings. The zero-order valence-corrected chi connectivity index (χ0v) is 19.4. The first-order valence-corrected chi connectivity index (χ1v) is 12.3. The van der Waals surface area contributed by atoms with Crippen LogP contribution in [0.25, 0.3) is 0 Å². The summed E-state index contributed by atoms with van der Waals surface area (Å²) < 4.78 is 25.8. The molecule has 0 saturated heterocycles. The number of benzene rings is 1. The van der Waals surface area contributed by atoms with Gasteiger partial charge in [-0.15, -0.1) is 10.2 Å². The summed E-state index contributed by atoms with van der Waals surface area (Å²) in [5.74, 6) is -0.389. The molecule has 3 aliphatic rings. The zero-order chi connectivity index (χ0) is 23.1. The number of ether oxygens (including phenoxy) is 2. The van der Waals surface area contributed by atoms with Crippen LogP contribution in [0.15, 0.2) is 35.6 Å². The van der Waals surface area contributed by atoms with E-state index in [0.29, 0.717) is 35.9 Å². The predicted octanol–water partition coefficient (Wildman–Crippen LogP) is 4.34. The van der Waals surface area contributed by atoms with Crippen LogP contribution in [-0.2, 0) is 20.7 Å². The van der Waals surface area contributed by atoms with Crippen molar-refractivity contribution in [2.24, 2.45) is 5.92 Å². The first-order valence-electron chi connectivity index (χ1n) is 11.5. The van der Waals surface area contributed by atoms with E-state index >= 15 is 0 Å². The molecular weight excluding hydrogens is 445 g/mol. The second-order valence-corrected chi connectivity index (χ2v) is 9.63. The van der Waals surface area contributed by atoms with Crippen LogP contribution in [0, 0.1) is 5.92 Å². The van der Waals surface area contributed by atoms with Crippen LogP contribution in [0.5, 0.6) is 5.75 Å². The summed E-state index contributed by atoms with van der Waals surface area (Å²) in [6.45, 7) is 4.49. The third kappa shape index (κ3) is 3.82. The molecule has 9 heteroatoms. The molecule has 174 valence electrons. The summed E-state index contributed by atoms with van der Waals surface area (Å²) in [7, 11) is 0. The van der Waals surface area contributed by atoms with Crippen molar-refractivity contribution in [1.82, 2.24) is 10.2 Å². The standard InChI is InChI=1S/C24H26FN3O4S/c1-3-5-18-26-27-24(33-18)28-20(13-6-9-15(10-7-13)31-4-2)19-21(29)16-12-14(25)8-11-17(16)32-22(19)23(28)30/h6-7,9-10,14,16-17,20H,3-5,8,11-12H2,1-2H3. The number of carbonyl (C=O) groups excluding carboxylic acids is 2. The van der Waals surface area contributed by atoms with Gasteiger partial charge in [0.15, 0.2) is 11.5 Å².